The van der Waals surface area contributed by atoms with Crippen molar-refractivity contribution in [2.45, 2.75) is 19.9 Å². The molecular formula is C22H21N9O2. The summed E-state index contributed by atoms with van der Waals surface area (Å²) in [6, 6.07) is 5.25. The van der Waals surface area contributed by atoms with Gasteiger partial charge in [0.15, 0.2) is 11.3 Å². The fourth-order valence-corrected chi connectivity index (χ4v) is 3.94. The summed E-state index contributed by atoms with van der Waals surface area (Å²) in [5.41, 5.74) is 3.87. The van der Waals surface area contributed by atoms with Crippen LogP contribution in [0.15, 0.2) is 24.5 Å². The number of aromatic nitrogens is 6. The van der Waals surface area contributed by atoms with Crippen LogP contribution in [0.4, 0.5) is 0 Å². The van der Waals surface area contributed by atoms with Gasteiger partial charge in [-0.2, -0.15) is 10.4 Å². The zero-order chi connectivity index (χ0) is 23.3. The summed E-state index contributed by atoms with van der Waals surface area (Å²) in [7, 11) is 1.81. The van der Waals surface area contributed by atoms with Crippen LogP contribution >= 0.6 is 0 Å². The van der Waals surface area contributed by atoms with Crippen molar-refractivity contribution in [1.29, 1.82) is 5.26 Å². The lowest BCUT2D eigenvalue weighted by Crippen LogP contribution is -2.55. The third-order valence-electron chi connectivity index (χ3n) is 5.79. The number of nitriles is 1. The standard InChI is InChI=1S/C22H21N9O2/c1-11-4-5-14-17(29-30(3)20(14)26-11)16-8-25-19-18(28-16)15(7-24-19)21(32)27-12(2)22(33)31-9-13(6-23)10-31/h4-5,7-8,12-13H,9-10H2,1-3H3,(H,24,25)(H,27,32)/t12-/m1/s1. The molecule has 4 aromatic rings. The van der Waals surface area contributed by atoms with E-state index in [1.54, 1.807) is 22.7 Å². The van der Waals surface area contributed by atoms with Gasteiger partial charge in [-0.05, 0) is 26.0 Å². The normalized spacial score (nSPS) is 14.8. The molecule has 33 heavy (non-hydrogen) atoms. The molecule has 11 nitrogen and oxygen atoms in total. The van der Waals surface area contributed by atoms with Crippen LogP contribution in [0.2, 0.25) is 0 Å². The smallest absolute Gasteiger partial charge is 0.255 e. The van der Waals surface area contributed by atoms with Crippen molar-refractivity contribution >= 4 is 34.0 Å². The van der Waals surface area contributed by atoms with Gasteiger partial charge < -0.3 is 15.2 Å². The van der Waals surface area contributed by atoms with Gasteiger partial charge in [0.25, 0.3) is 5.91 Å². The molecule has 0 saturated carbocycles. The predicted octanol–water partition coefficient (Wildman–Crippen LogP) is 1.32. The number of H-pyrrole nitrogens is 1. The molecule has 0 spiro atoms. The van der Waals surface area contributed by atoms with E-state index in [2.05, 4.69) is 36.4 Å². The Morgan fingerprint density at radius 2 is 2.09 bits per heavy atom. The van der Waals surface area contributed by atoms with Gasteiger partial charge in [-0.15, -0.1) is 0 Å². The minimum Gasteiger partial charge on any atom is -0.344 e. The molecular weight excluding hydrogens is 422 g/mol. The second-order valence-electron chi connectivity index (χ2n) is 8.22. The summed E-state index contributed by atoms with van der Waals surface area (Å²) >= 11 is 0. The lowest BCUT2D eigenvalue weighted by Gasteiger charge is -2.37. The van der Waals surface area contributed by atoms with Gasteiger partial charge in [0, 0.05) is 37.4 Å². The lowest BCUT2D eigenvalue weighted by molar-refractivity contribution is -0.137. The molecule has 1 saturated heterocycles. The highest BCUT2D eigenvalue weighted by Crippen LogP contribution is 2.27. The number of hydrogen-bond donors (Lipinski definition) is 2. The number of likely N-dealkylation sites (tertiary alicyclic amines) is 1. The second-order valence-corrected chi connectivity index (χ2v) is 8.22. The summed E-state index contributed by atoms with van der Waals surface area (Å²) in [6.07, 6.45) is 3.13. The number of rotatable bonds is 4. The van der Waals surface area contributed by atoms with E-state index in [9.17, 15) is 9.59 Å². The largest absolute Gasteiger partial charge is 0.344 e. The number of aryl methyl sites for hydroxylation is 2. The molecule has 0 aromatic carbocycles. The molecule has 4 aromatic heterocycles. The van der Waals surface area contributed by atoms with Crippen molar-refractivity contribution in [1.82, 2.24) is 39.9 Å². The molecule has 5 heterocycles. The number of hydrogen-bond acceptors (Lipinski definition) is 7. The van der Waals surface area contributed by atoms with Crippen LogP contribution in [-0.2, 0) is 11.8 Å². The zero-order valence-corrected chi connectivity index (χ0v) is 18.3. The number of fused-ring (bicyclic) bond motifs is 2. The molecule has 166 valence electrons. The lowest BCUT2D eigenvalue weighted by atomic mass is 10.0. The van der Waals surface area contributed by atoms with Crippen molar-refractivity contribution < 1.29 is 9.59 Å². The third kappa shape index (κ3) is 3.45. The molecule has 1 aliphatic heterocycles. The average Bonchev–Trinajstić information content (AvgIpc) is 3.33. The van der Waals surface area contributed by atoms with Crippen LogP contribution in [0.25, 0.3) is 33.6 Å². The van der Waals surface area contributed by atoms with Crippen LogP contribution in [0.3, 0.4) is 0 Å². The number of pyridine rings is 1. The van der Waals surface area contributed by atoms with Gasteiger partial charge in [-0.3, -0.25) is 9.59 Å². The Bertz CT molecular complexity index is 1460. The Hall–Kier alpha value is -4.33. The van der Waals surface area contributed by atoms with Crippen LogP contribution in [-0.4, -0.2) is 65.6 Å². The minimum atomic E-state index is -0.729. The fraction of sp³-hybridized carbons (Fsp3) is 0.318. The van der Waals surface area contributed by atoms with Gasteiger partial charge in [0.05, 0.1) is 23.7 Å². The zero-order valence-electron chi connectivity index (χ0n) is 18.3. The molecule has 0 unspecified atom stereocenters. The number of carbonyl (C=O) groups excluding carboxylic acids is 2. The first-order valence-corrected chi connectivity index (χ1v) is 10.5. The number of nitrogens with one attached hydrogen (secondary N) is 2. The fourth-order valence-electron chi connectivity index (χ4n) is 3.94. The van der Waals surface area contributed by atoms with Crippen molar-refractivity contribution in [3.63, 3.8) is 0 Å². The number of amides is 2. The van der Waals surface area contributed by atoms with Crippen molar-refractivity contribution in [2.24, 2.45) is 13.0 Å². The van der Waals surface area contributed by atoms with E-state index in [-0.39, 0.29) is 17.4 Å². The van der Waals surface area contributed by atoms with Gasteiger partial charge in [0.1, 0.15) is 22.9 Å². The Balaban J connectivity index is 1.43. The van der Waals surface area contributed by atoms with Gasteiger partial charge in [-0.25, -0.2) is 19.6 Å². The predicted molar refractivity (Wildman–Crippen MR) is 119 cm³/mol. The molecule has 0 aliphatic carbocycles. The average molecular weight is 443 g/mol. The first-order chi connectivity index (χ1) is 15.9. The first kappa shape index (κ1) is 20.6. The van der Waals surface area contributed by atoms with Gasteiger partial charge in [-0.1, -0.05) is 0 Å². The number of nitrogens with zero attached hydrogens (tertiary/aromatic N) is 7. The molecule has 0 radical (unpaired) electrons. The summed E-state index contributed by atoms with van der Waals surface area (Å²) in [4.78, 5) is 43.5. The Morgan fingerprint density at radius 3 is 2.85 bits per heavy atom. The molecule has 1 aliphatic rings. The third-order valence-corrected chi connectivity index (χ3v) is 5.79. The van der Waals surface area contributed by atoms with E-state index in [1.165, 1.54) is 6.20 Å². The first-order valence-electron chi connectivity index (χ1n) is 10.5. The summed E-state index contributed by atoms with van der Waals surface area (Å²) in [5, 5.41) is 17.0. The summed E-state index contributed by atoms with van der Waals surface area (Å²) in [5.74, 6) is -0.792. The summed E-state index contributed by atoms with van der Waals surface area (Å²) < 4.78 is 1.69. The molecule has 5 rings (SSSR count). The second kappa shape index (κ2) is 7.67. The van der Waals surface area contributed by atoms with E-state index in [4.69, 9.17) is 5.26 Å². The van der Waals surface area contributed by atoms with Gasteiger partial charge >= 0.3 is 0 Å². The maximum absolute atomic E-state index is 12.9. The highest BCUT2D eigenvalue weighted by Gasteiger charge is 2.33. The van der Waals surface area contributed by atoms with Gasteiger partial charge in [0.2, 0.25) is 5.91 Å². The van der Waals surface area contributed by atoms with Crippen molar-refractivity contribution in [3.05, 3.63) is 35.8 Å². The molecule has 1 fully saturated rings. The number of carbonyl (C=O) groups is 2. The van der Waals surface area contributed by atoms with E-state index in [1.807, 2.05) is 26.1 Å². The molecule has 2 amide bonds. The molecule has 1 atom stereocenters. The van der Waals surface area contributed by atoms with E-state index < -0.39 is 11.9 Å². The molecule has 2 N–H and O–H groups in total. The van der Waals surface area contributed by atoms with E-state index in [0.717, 1.165) is 16.7 Å². The Morgan fingerprint density at radius 1 is 1.30 bits per heavy atom. The van der Waals surface area contributed by atoms with E-state index in [0.29, 0.717) is 35.6 Å². The van der Waals surface area contributed by atoms with Crippen LogP contribution < -0.4 is 5.32 Å². The van der Waals surface area contributed by atoms with E-state index >= 15 is 0 Å². The maximum atomic E-state index is 12.9. The quantitative estimate of drug-likeness (QED) is 0.484. The molecule has 11 heteroatoms. The minimum absolute atomic E-state index is 0.138. The monoisotopic (exact) mass is 443 g/mol. The Kier molecular flexibility index (Phi) is 4.78. The number of aromatic amines is 1. The van der Waals surface area contributed by atoms with Crippen molar-refractivity contribution in [2.75, 3.05) is 13.1 Å². The molecule has 0 bridgehead atoms. The SMILES string of the molecule is Cc1ccc2c(-c3cnc4[nH]cc(C(=O)N[C@H](C)C(=O)N5CC(C#N)C5)c4n3)nn(C)c2n1. The summed E-state index contributed by atoms with van der Waals surface area (Å²) in [6.45, 7) is 4.33. The maximum Gasteiger partial charge on any atom is 0.255 e. The topological polar surface area (TPSA) is 145 Å². The highest BCUT2D eigenvalue weighted by atomic mass is 16.2. The highest BCUT2D eigenvalue weighted by molar-refractivity contribution is 6.06. The van der Waals surface area contributed by atoms with Crippen LogP contribution in [0.1, 0.15) is 23.0 Å². The van der Waals surface area contributed by atoms with Crippen LogP contribution in [0, 0.1) is 24.2 Å². The van der Waals surface area contributed by atoms with Crippen molar-refractivity contribution in [3.8, 4) is 17.5 Å². The Labute approximate surface area is 188 Å². The van der Waals surface area contributed by atoms with Crippen LogP contribution in [0.5, 0.6) is 0 Å².